The number of carbonyl (C=O) groups is 1. The van der Waals surface area contributed by atoms with Gasteiger partial charge >= 0.3 is 0 Å². The van der Waals surface area contributed by atoms with E-state index in [1.165, 1.54) is 0 Å². The number of fused-ring (bicyclic) bond motifs is 1. The molecule has 0 saturated heterocycles. The quantitative estimate of drug-likeness (QED) is 0.630. The Morgan fingerprint density at radius 2 is 1.81 bits per heavy atom. The number of carbonyl (C=O) groups excluding carboxylic acids is 1. The number of isothiocyanates is 1. The first-order chi connectivity index (χ1) is 10.3. The zero-order valence-electron chi connectivity index (χ0n) is 11.2. The van der Waals surface area contributed by atoms with E-state index in [4.69, 9.17) is 0 Å². The molecule has 1 heterocycles. The molecule has 4 heteroatoms. The van der Waals surface area contributed by atoms with Crippen molar-refractivity contribution >= 4 is 28.9 Å². The number of hydrogen-bond acceptors (Lipinski definition) is 4. The minimum Gasteiger partial charge on any atom is -0.295 e. The lowest BCUT2D eigenvalue weighted by Crippen LogP contribution is -2.17. The maximum atomic E-state index is 12.3. The Bertz CT molecular complexity index is 761. The van der Waals surface area contributed by atoms with Crippen molar-refractivity contribution in [2.45, 2.75) is 12.6 Å². The summed E-state index contributed by atoms with van der Waals surface area (Å²) in [5, 5.41) is 2.27. The van der Waals surface area contributed by atoms with Gasteiger partial charge < -0.3 is 0 Å². The number of Topliss-reactive ketones (excluding diaryl/α,β-unsaturated/α-hetero) is 1. The van der Waals surface area contributed by atoms with Crippen molar-refractivity contribution in [3.63, 3.8) is 0 Å². The molecule has 0 saturated carbocycles. The number of nitrogens with zero attached hydrogens (tertiary/aromatic N) is 2. The Morgan fingerprint density at radius 1 is 1.10 bits per heavy atom. The van der Waals surface area contributed by atoms with Crippen LogP contribution < -0.4 is 0 Å². The predicted molar refractivity (Wildman–Crippen MR) is 86.0 cm³/mol. The van der Waals surface area contributed by atoms with Crippen LogP contribution in [0.25, 0.3) is 0 Å². The maximum absolute atomic E-state index is 12.3. The summed E-state index contributed by atoms with van der Waals surface area (Å²) < 4.78 is 0. The van der Waals surface area contributed by atoms with Gasteiger partial charge in [0.2, 0.25) is 6.17 Å². The van der Waals surface area contributed by atoms with E-state index in [1.807, 2.05) is 54.6 Å². The van der Waals surface area contributed by atoms with E-state index in [1.54, 1.807) is 0 Å². The Balaban J connectivity index is 2.22. The Labute approximate surface area is 128 Å². The van der Waals surface area contributed by atoms with Crippen LogP contribution in [0.2, 0.25) is 0 Å². The van der Waals surface area contributed by atoms with Gasteiger partial charge in [-0.2, -0.15) is 4.99 Å². The van der Waals surface area contributed by atoms with Crippen LogP contribution in [0.15, 0.2) is 64.6 Å². The van der Waals surface area contributed by atoms with Gasteiger partial charge in [-0.25, -0.2) is 4.99 Å². The number of hydrogen-bond donors (Lipinski definition) is 0. The fourth-order valence-electron chi connectivity index (χ4n) is 2.43. The van der Waals surface area contributed by atoms with Crippen LogP contribution in [-0.4, -0.2) is 22.8 Å². The molecule has 1 unspecified atom stereocenters. The predicted octanol–water partition coefficient (Wildman–Crippen LogP) is 3.08. The standard InChI is InChI=1S/C17H12N2OS/c20-15-10-13-8-4-5-9-14(13)16(19-17(15)18-11-21)12-6-2-1-3-7-12/h1-9,17H,10H2. The summed E-state index contributed by atoms with van der Waals surface area (Å²) >= 11 is 4.63. The Hall–Kier alpha value is -2.42. The summed E-state index contributed by atoms with van der Waals surface area (Å²) in [6.07, 6.45) is -0.494. The van der Waals surface area contributed by atoms with Gasteiger partial charge in [-0.1, -0.05) is 54.6 Å². The molecule has 0 bridgehead atoms. The lowest BCUT2D eigenvalue weighted by atomic mass is 9.96. The van der Waals surface area contributed by atoms with E-state index >= 15 is 0 Å². The van der Waals surface area contributed by atoms with Gasteiger partial charge in [0.15, 0.2) is 5.78 Å². The summed E-state index contributed by atoms with van der Waals surface area (Å²) in [5.41, 5.74) is 3.67. The lowest BCUT2D eigenvalue weighted by molar-refractivity contribution is -0.119. The van der Waals surface area contributed by atoms with Crippen molar-refractivity contribution in [2.24, 2.45) is 9.98 Å². The molecule has 0 aliphatic carbocycles. The average molecular weight is 292 g/mol. The number of thiocarbonyl (C=S) groups is 1. The third-order valence-electron chi connectivity index (χ3n) is 3.40. The Kier molecular flexibility index (Phi) is 3.82. The summed E-state index contributed by atoms with van der Waals surface area (Å²) in [7, 11) is 0. The Morgan fingerprint density at radius 3 is 2.57 bits per heavy atom. The van der Waals surface area contributed by atoms with Crippen LogP contribution in [0.3, 0.4) is 0 Å². The van der Waals surface area contributed by atoms with E-state index in [-0.39, 0.29) is 5.78 Å². The SMILES string of the molecule is O=C1Cc2ccccc2C(c2ccccc2)=NC1N=C=S. The first-order valence-corrected chi connectivity index (χ1v) is 7.01. The normalized spacial score (nSPS) is 17.2. The van der Waals surface area contributed by atoms with Gasteiger partial charge in [0.05, 0.1) is 10.9 Å². The first-order valence-electron chi connectivity index (χ1n) is 6.61. The van der Waals surface area contributed by atoms with Gasteiger partial charge in [-0.15, -0.1) is 0 Å². The molecule has 0 amide bonds. The number of ketones is 1. The fraction of sp³-hybridized carbons (Fsp3) is 0.118. The minimum atomic E-state index is -0.801. The molecule has 102 valence electrons. The second-order valence-electron chi connectivity index (χ2n) is 4.74. The van der Waals surface area contributed by atoms with Crippen LogP contribution in [0.5, 0.6) is 0 Å². The molecule has 2 aromatic carbocycles. The largest absolute Gasteiger partial charge is 0.295 e. The van der Waals surface area contributed by atoms with Gasteiger partial charge in [-0.3, -0.25) is 4.79 Å². The maximum Gasteiger partial charge on any atom is 0.208 e. The van der Waals surface area contributed by atoms with Gasteiger partial charge in [-0.05, 0) is 17.8 Å². The average Bonchev–Trinajstić information content (AvgIpc) is 2.66. The number of benzene rings is 2. The van der Waals surface area contributed by atoms with Crippen molar-refractivity contribution in [1.82, 2.24) is 0 Å². The van der Waals surface area contributed by atoms with Crippen LogP contribution in [-0.2, 0) is 11.2 Å². The van der Waals surface area contributed by atoms with Crippen LogP contribution in [0.1, 0.15) is 16.7 Å². The number of aliphatic imine (C=N–C) groups is 2. The van der Waals surface area contributed by atoms with Crippen LogP contribution >= 0.6 is 12.2 Å². The monoisotopic (exact) mass is 292 g/mol. The van der Waals surface area contributed by atoms with E-state index in [0.29, 0.717) is 6.42 Å². The zero-order valence-corrected chi connectivity index (χ0v) is 12.0. The molecule has 0 fully saturated rings. The van der Waals surface area contributed by atoms with Crippen molar-refractivity contribution in [1.29, 1.82) is 0 Å². The van der Waals surface area contributed by atoms with Gasteiger partial charge in [0.25, 0.3) is 0 Å². The minimum absolute atomic E-state index is 0.0641. The van der Waals surface area contributed by atoms with E-state index in [0.717, 1.165) is 22.4 Å². The smallest absolute Gasteiger partial charge is 0.208 e. The van der Waals surface area contributed by atoms with E-state index in [9.17, 15) is 4.79 Å². The molecule has 1 aliphatic heterocycles. The molecule has 1 aliphatic rings. The van der Waals surface area contributed by atoms with Gasteiger partial charge in [0.1, 0.15) is 0 Å². The molecular formula is C17H12N2OS. The zero-order chi connectivity index (χ0) is 14.7. The lowest BCUT2D eigenvalue weighted by Gasteiger charge is -2.09. The molecule has 21 heavy (non-hydrogen) atoms. The highest BCUT2D eigenvalue weighted by molar-refractivity contribution is 7.78. The highest BCUT2D eigenvalue weighted by Crippen LogP contribution is 2.21. The topological polar surface area (TPSA) is 41.8 Å². The van der Waals surface area contributed by atoms with E-state index < -0.39 is 6.17 Å². The summed E-state index contributed by atoms with van der Waals surface area (Å²) in [6, 6.07) is 17.6. The summed E-state index contributed by atoms with van der Waals surface area (Å²) in [6.45, 7) is 0. The number of rotatable bonds is 2. The molecule has 0 N–H and O–H groups in total. The first kappa shape index (κ1) is 13.6. The van der Waals surface area contributed by atoms with Crippen molar-refractivity contribution in [3.8, 4) is 0 Å². The van der Waals surface area contributed by atoms with Crippen LogP contribution in [0.4, 0.5) is 0 Å². The molecule has 2 aromatic rings. The molecule has 0 spiro atoms. The third-order valence-corrected chi connectivity index (χ3v) is 3.50. The van der Waals surface area contributed by atoms with Crippen molar-refractivity contribution in [2.75, 3.05) is 0 Å². The van der Waals surface area contributed by atoms with Gasteiger partial charge in [0, 0.05) is 17.5 Å². The molecule has 0 radical (unpaired) electrons. The second kappa shape index (κ2) is 5.92. The fourth-order valence-corrected chi connectivity index (χ4v) is 2.52. The summed E-state index contributed by atoms with van der Waals surface area (Å²) in [4.78, 5) is 20.7. The molecular weight excluding hydrogens is 280 g/mol. The van der Waals surface area contributed by atoms with Crippen molar-refractivity contribution < 1.29 is 4.79 Å². The molecule has 1 atom stereocenters. The summed E-state index contributed by atoms with van der Waals surface area (Å²) in [5.74, 6) is -0.0641. The molecule has 3 nitrogen and oxygen atoms in total. The second-order valence-corrected chi connectivity index (χ2v) is 4.92. The van der Waals surface area contributed by atoms with Crippen molar-refractivity contribution in [3.05, 3.63) is 71.3 Å². The van der Waals surface area contributed by atoms with Crippen LogP contribution in [0, 0.1) is 0 Å². The third kappa shape index (κ3) is 2.72. The molecule has 3 rings (SSSR count). The highest BCUT2D eigenvalue weighted by Gasteiger charge is 2.24. The highest BCUT2D eigenvalue weighted by atomic mass is 32.1. The molecule has 0 aromatic heterocycles. The van der Waals surface area contributed by atoms with E-state index in [2.05, 4.69) is 27.4 Å².